The molecule has 1 amide bonds. The number of halogens is 4. The highest BCUT2D eigenvalue weighted by Crippen LogP contribution is 2.37. The van der Waals surface area contributed by atoms with Crippen molar-refractivity contribution in [3.8, 4) is 0 Å². The van der Waals surface area contributed by atoms with Crippen LogP contribution in [0.5, 0.6) is 0 Å². The van der Waals surface area contributed by atoms with E-state index in [1.807, 2.05) is 22.6 Å². The van der Waals surface area contributed by atoms with Gasteiger partial charge in [-0.15, -0.1) is 0 Å². The molecule has 106 valence electrons. The first-order valence-electron chi connectivity index (χ1n) is 5.60. The maximum atomic E-state index is 14.8. The van der Waals surface area contributed by atoms with Crippen LogP contribution in [0.1, 0.15) is 0 Å². The van der Waals surface area contributed by atoms with Crippen LogP contribution in [0, 0.1) is 15.3 Å². The minimum absolute atomic E-state index is 0.252. The monoisotopic (exact) mass is 394 g/mol. The van der Waals surface area contributed by atoms with Crippen molar-refractivity contribution in [3.05, 3.63) is 51.6 Å². The summed E-state index contributed by atoms with van der Waals surface area (Å²) in [5.41, 5.74) is 4.81. The minimum Gasteiger partial charge on any atom is -0.369 e. The third-order valence-corrected chi connectivity index (χ3v) is 3.55. The number of anilines is 1. The lowest BCUT2D eigenvalue weighted by molar-refractivity contribution is -0.123. The van der Waals surface area contributed by atoms with Gasteiger partial charge in [0.05, 0.1) is 5.69 Å². The molecule has 1 aliphatic carbocycles. The van der Waals surface area contributed by atoms with Crippen LogP contribution in [0.4, 0.5) is 18.9 Å². The van der Waals surface area contributed by atoms with Crippen molar-refractivity contribution in [2.24, 2.45) is 11.7 Å². The first-order valence-corrected chi connectivity index (χ1v) is 6.68. The second kappa shape index (κ2) is 5.47. The highest BCUT2D eigenvalue weighted by Gasteiger charge is 2.47. The number of hydrogen-bond donors (Lipinski definition) is 2. The topological polar surface area (TPSA) is 55.1 Å². The van der Waals surface area contributed by atoms with Crippen LogP contribution in [-0.4, -0.2) is 11.7 Å². The molecule has 0 aliphatic heterocycles. The molecule has 3 nitrogen and oxygen atoms in total. The van der Waals surface area contributed by atoms with Gasteiger partial charge in [0, 0.05) is 3.57 Å². The smallest absolute Gasteiger partial charge is 0.247 e. The molecule has 0 bridgehead atoms. The molecule has 0 radical (unpaired) electrons. The lowest BCUT2D eigenvalue weighted by Crippen LogP contribution is -2.48. The molecule has 0 saturated heterocycles. The summed E-state index contributed by atoms with van der Waals surface area (Å²) in [6.07, 6.45) is 3.18. The fourth-order valence-electron chi connectivity index (χ4n) is 1.87. The fourth-order valence-corrected chi connectivity index (χ4v) is 2.32. The van der Waals surface area contributed by atoms with Gasteiger partial charge in [-0.1, -0.05) is 12.2 Å². The Bertz CT molecular complexity index is 618. The summed E-state index contributed by atoms with van der Waals surface area (Å²) in [4.78, 5) is 11.2. The van der Waals surface area contributed by atoms with Gasteiger partial charge >= 0.3 is 0 Å². The van der Waals surface area contributed by atoms with Gasteiger partial charge in [-0.2, -0.15) is 0 Å². The van der Waals surface area contributed by atoms with Crippen LogP contribution in [0.2, 0.25) is 0 Å². The summed E-state index contributed by atoms with van der Waals surface area (Å²) in [6, 6.07) is 3.95. The van der Waals surface area contributed by atoms with Gasteiger partial charge in [0.15, 0.2) is 5.83 Å². The predicted octanol–water partition coefficient (Wildman–Crippen LogP) is 3.03. The molecule has 2 atom stereocenters. The highest BCUT2D eigenvalue weighted by atomic mass is 127. The molecule has 0 spiro atoms. The van der Waals surface area contributed by atoms with Crippen molar-refractivity contribution in [3.63, 3.8) is 0 Å². The molecule has 0 aromatic heterocycles. The van der Waals surface area contributed by atoms with Gasteiger partial charge < -0.3 is 11.1 Å². The summed E-state index contributed by atoms with van der Waals surface area (Å²) in [5, 5.41) is 2.09. The maximum Gasteiger partial charge on any atom is 0.247 e. The first kappa shape index (κ1) is 14.9. The number of alkyl halides is 1. The standard InChI is InChI=1S/C13H10F3IN2O/c14-9-6-7(17)4-5-10(9)19-13(16)8(12(18)20)2-1-3-11(13)15/h1-6,8,19H,(H2,18,20). The number of nitrogens with two attached hydrogens (primary N) is 1. The van der Waals surface area contributed by atoms with Gasteiger partial charge in [-0.3, -0.25) is 4.79 Å². The summed E-state index contributed by atoms with van der Waals surface area (Å²) in [6.45, 7) is 0. The number of hydrogen-bond acceptors (Lipinski definition) is 2. The van der Waals surface area contributed by atoms with Crippen LogP contribution in [-0.2, 0) is 4.79 Å². The van der Waals surface area contributed by atoms with Gasteiger partial charge in [0.1, 0.15) is 11.7 Å². The Hall–Kier alpha value is -1.51. The summed E-state index contributed by atoms with van der Waals surface area (Å²) >= 11 is 1.88. The van der Waals surface area contributed by atoms with Crippen molar-refractivity contribution in [1.82, 2.24) is 0 Å². The van der Waals surface area contributed by atoms with E-state index in [2.05, 4.69) is 5.32 Å². The second-order valence-corrected chi connectivity index (χ2v) is 5.49. The Balaban J connectivity index is 2.40. The average molecular weight is 394 g/mol. The van der Waals surface area contributed by atoms with Crippen molar-refractivity contribution in [2.45, 2.75) is 5.79 Å². The Labute approximate surface area is 126 Å². The van der Waals surface area contributed by atoms with E-state index >= 15 is 0 Å². The fraction of sp³-hybridized carbons (Fsp3) is 0.154. The number of nitrogens with one attached hydrogen (secondary N) is 1. The zero-order valence-corrected chi connectivity index (χ0v) is 12.2. The van der Waals surface area contributed by atoms with E-state index in [4.69, 9.17) is 5.73 Å². The Morgan fingerprint density at radius 1 is 1.40 bits per heavy atom. The Morgan fingerprint density at radius 3 is 2.70 bits per heavy atom. The Kier molecular flexibility index (Phi) is 4.07. The third-order valence-electron chi connectivity index (χ3n) is 2.88. The van der Waals surface area contributed by atoms with E-state index in [1.165, 1.54) is 18.2 Å². The first-order chi connectivity index (χ1) is 9.34. The van der Waals surface area contributed by atoms with Crippen LogP contribution < -0.4 is 11.1 Å². The lowest BCUT2D eigenvalue weighted by Gasteiger charge is -2.32. The van der Waals surface area contributed by atoms with Gasteiger partial charge in [0.2, 0.25) is 11.7 Å². The molecule has 0 fully saturated rings. The van der Waals surface area contributed by atoms with Crippen molar-refractivity contribution in [2.75, 3.05) is 5.32 Å². The molecule has 2 rings (SSSR count). The number of primary amides is 1. The van der Waals surface area contributed by atoms with Gasteiger partial charge in [0.25, 0.3) is 0 Å². The third kappa shape index (κ3) is 2.67. The number of allylic oxidation sites excluding steroid dienone is 2. The quantitative estimate of drug-likeness (QED) is 0.612. The zero-order chi connectivity index (χ0) is 14.9. The highest BCUT2D eigenvalue weighted by molar-refractivity contribution is 14.1. The van der Waals surface area contributed by atoms with E-state index < -0.39 is 29.3 Å². The van der Waals surface area contributed by atoms with Crippen LogP contribution in [0.25, 0.3) is 0 Å². The van der Waals surface area contributed by atoms with E-state index in [0.29, 0.717) is 3.57 Å². The van der Waals surface area contributed by atoms with E-state index in [-0.39, 0.29) is 5.69 Å². The largest absolute Gasteiger partial charge is 0.369 e. The summed E-state index contributed by atoms with van der Waals surface area (Å²) in [7, 11) is 0. The normalized spacial score (nSPS) is 25.2. The number of carbonyl (C=O) groups is 1. The maximum absolute atomic E-state index is 14.8. The van der Waals surface area contributed by atoms with Crippen LogP contribution >= 0.6 is 22.6 Å². The molecule has 20 heavy (non-hydrogen) atoms. The zero-order valence-electron chi connectivity index (χ0n) is 10.0. The van der Waals surface area contributed by atoms with Crippen molar-refractivity contribution in [1.29, 1.82) is 0 Å². The number of benzene rings is 1. The number of carbonyl (C=O) groups excluding carboxylic acids is 1. The average Bonchev–Trinajstić information content (AvgIpc) is 2.36. The van der Waals surface area contributed by atoms with E-state index in [9.17, 15) is 18.0 Å². The van der Waals surface area contributed by atoms with E-state index in [0.717, 1.165) is 18.2 Å². The molecule has 1 aromatic carbocycles. The van der Waals surface area contributed by atoms with Gasteiger partial charge in [-0.25, -0.2) is 13.2 Å². The van der Waals surface area contributed by atoms with Gasteiger partial charge in [-0.05, 0) is 46.9 Å². The van der Waals surface area contributed by atoms with Crippen LogP contribution in [0.15, 0.2) is 42.3 Å². The molecule has 3 N–H and O–H groups in total. The van der Waals surface area contributed by atoms with Crippen molar-refractivity contribution < 1.29 is 18.0 Å². The molecular weight excluding hydrogens is 384 g/mol. The molecule has 0 saturated carbocycles. The SMILES string of the molecule is NC(=O)C1C=CC=C(F)C1(F)Nc1ccc(I)cc1F. The van der Waals surface area contributed by atoms with Crippen molar-refractivity contribution >= 4 is 34.2 Å². The second-order valence-electron chi connectivity index (χ2n) is 4.24. The molecular formula is C13H10F3IN2O. The minimum atomic E-state index is -2.89. The Morgan fingerprint density at radius 2 is 2.10 bits per heavy atom. The molecule has 7 heteroatoms. The summed E-state index contributed by atoms with van der Waals surface area (Å²) < 4.78 is 42.9. The predicted molar refractivity (Wildman–Crippen MR) is 77.6 cm³/mol. The van der Waals surface area contributed by atoms with E-state index in [1.54, 1.807) is 0 Å². The van der Waals surface area contributed by atoms with Crippen LogP contribution in [0.3, 0.4) is 0 Å². The molecule has 0 heterocycles. The molecule has 1 aliphatic rings. The number of rotatable bonds is 3. The molecule has 1 aromatic rings. The molecule has 2 unspecified atom stereocenters. The lowest BCUT2D eigenvalue weighted by atomic mass is 9.90. The summed E-state index contributed by atoms with van der Waals surface area (Å²) in [5.74, 6) is -7.49. The number of amides is 1.